The van der Waals surface area contributed by atoms with Crippen molar-refractivity contribution < 1.29 is 8.42 Å². The largest absolute Gasteiger partial charge is 0.229 e. The molecule has 0 bridgehead atoms. The summed E-state index contributed by atoms with van der Waals surface area (Å²) in [5.41, 5.74) is 2.49. The topological polar surface area (TPSA) is 34.1 Å². The Balaban J connectivity index is 2.05. The summed E-state index contributed by atoms with van der Waals surface area (Å²) in [6.45, 7) is 3.48. The van der Waals surface area contributed by atoms with Crippen molar-refractivity contribution in [2.45, 2.75) is 43.7 Å². The standard InChI is InChI=1S/C15H21ClO2S/c1-11(2)19(17,18)10-9-13-8-7-12-5-3-4-6-14(12)15(13)16/h3-6,11,13,15H,7-10H2,1-2H3. The first-order valence-corrected chi connectivity index (χ1v) is 9.00. The van der Waals surface area contributed by atoms with Gasteiger partial charge in [-0.3, -0.25) is 0 Å². The van der Waals surface area contributed by atoms with E-state index in [1.54, 1.807) is 13.8 Å². The molecule has 1 aliphatic rings. The minimum Gasteiger partial charge on any atom is -0.229 e. The summed E-state index contributed by atoms with van der Waals surface area (Å²) in [5.74, 6) is 0.519. The maximum atomic E-state index is 11.9. The zero-order chi connectivity index (χ0) is 14.0. The van der Waals surface area contributed by atoms with E-state index in [1.807, 2.05) is 12.1 Å². The molecule has 0 fully saturated rings. The second kappa shape index (κ2) is 5.84. The Labute approximate surface area is 121 Å². The number of alkyl halides is 1. The van der Waals surface area contributed by atoms with Gasteiger partial charge in [0.25, 0.3) is 0 Å². The zero-order valence-corrected chi connectivity index (χ0v) is 13.0. The van der Waals surface area contributed by atoms with Gasteiger partial charge in [0.1, 0.15) is 0 Å². The van der Waals surface area contributed by atoms with Crippen LogP contribution in [0.3, 0.4) is 0 Å². The second-order valence-corrected chi connectivity index (χ2v) is 8.75. The molecular weight excluding hydrogens is 280 g/mol. The maximum absolute atomic E-state index is 11.9. The van der Waals surface area contributed by atoms with E-state index in [9.17, 15) is 8.42 Å². The lowest BCUT2D eigenvalue weighted by atomic mass is 9.82. The minimum atomic E-state index is -2.96. The number of fused-ring (bicyclic) bond motifs is 1. The molecule has 19 heavy (non-hydrogen) atoms. The van der Waals surface area contributed by atoms with Gasteiger partial charge in [0.2, 0.25) is 0 Å². The van der Waals surface area contributed by atoms with E-state index in [2.05, 4.69) is 12.1 Å². The summed E-state index contributed by atoms with van der Waals surface area (Å²) in [5, 5.41) is -0.343. The quantitative estimate of drug-likeness (QED) is 0.794. The highest BCUT2D eigenvalue weighted by atomic mass is 35.5. The predicted molar refractivity (Wildman–Crippen MR) is 80.4 cm³/mol. The van der Waals surface area contributed by atoms with Gasteiger partial charge in [0.15, 0.2) is 9.84 Å². The van der Waals surface area contributed by atoms with Gasteiger partial charge in [-0.25, -0.2) is 8.42 Å². The van der Waals surface area contributed by atoms with Crippen LogP contribution in [0.1, 0.15) is 43.2 Å². The molecule has 106 valence electrons. The van der Waals surface area contributed by atoms with Gasteiger partial charge in [-0.15, -0.1) is 11.6 Å². The van der Waals surface area contributed by atoms with Crippen molar-refractivity contribution in [1.29, 1.82) is 0 Å². The van der Waals surface area contributed by atoms with Gasteiger partial charge in [-0.1, -0.05) is 24.3 Å². The fourth-order valence-corrected chi connectivity index (χ4v) is 4.18. The van der Waals surface area contributed by atoms with Crippen LogP contribution in [0.2, 0.25) is 0 Å². The Kier molecular flexibility index (Phi) is 4.57. The third kappa shape index (κ3) is 3.32. The van der Waals surface area contributed by atoms with Crippen molar-refractivity contribution in [3.63, 3.8) is 0 Å². The summed E-state index contributed by atoms with van der Waals surface area (Å²) < 4.78 is 23.8. The lowest BCUT2D eigenvalue weighted by Gasteiger charge is -2.29. The van der Waals surface area contributed by atoms with Crippen LogP contribution in [0.15, 0.2) is 24.3 Å². The summed E-state index contributed by atoms with van der Waals surface area (Å²) in [6, 6.07) is 8.22. The van der Waals surface area contributed by atoms with Crippen LogP contribution in [0.4, 0.5) is 0 Å². The van der Waals surface area contributed by atoms with Gasteiger partial charge in [-0.2, -0.15) is 0 Å². The molecule has 2 nitrogen and oxygen atoms in total. The molecule has 0 aromatic heterocycles. The first-order valence-electron chi connectivity index (χ1n) is 6.85. The predicted octanol–water partition coefficient (Wildman–Crippen LogP) is 3.74. The molecule has 1 aromatic carbocycles. The van der Waals surface area contributed by atoms with E-state index in [-0.39, 0.29) is 22.3 Å². The molecule has 1 aromatic rings. The van der Waals surface area contributed by atoms with Crippen LogP contribution in [-0.4, -0.2) is 19.4 Å². The molecule has 0 saturated carbocycles. The number of aryl methyl sites for hydroxylation is 1. The molecule has 0 N–H and O–H groups in total. The molecule has 2 unspecified atom stereocenters. The number of hydrogen-bond acceptors (Lipinski definition) is 2. The van der Waals surface area contributed by atoms with Crippen LogP contribution in [0.25, 0.3) is 0 Å². The maximum Gasteiger partial charge on any atom is 0.152 e. The van der Waals surface area contributed by atoms with E-state index < -0.39 is 9.84 Å². The Morgan fingerprint density at radius 2 is 2.00 bits per heavy atom. The van der Waals surface area contributed by atoms with Crippen molar-refractivity contribution in [1.82, 2.24) is 0 Å². The fourth-order valence-electron chi connectivity index (χ4n) is 2.61. The summed E-state index contributed by atoms with van der Waals surface area (Å²) >= 11 is 6.53. The molecular formula is C15H21ClO2S. The van der Waals surface area contributed by atoms with E-state index in [0.29, 0.717) is 6.42 Å². The summed E-state index contributed by atoms with van der Waals surface area (Å²) in [6.07, 6.45) is 2.66. The highest BCUT2D eigenvalue weighted by molar-refractivity contribution is 7.91. The first-order chi connectivity index (χ1) is 8.92. The molecule has 4 heteroatoms. The number of hydrogen-bond donors (Lipinski definition) is 0. The van der Waals surface area contributed by atoms with Crippen LogP contribution in [0.5, 0.6) is 0 Å². The highest BCUT2D eigenvalue weighted by Crippen LogP contribution is 2.40. The summed E-state index contributed by atoms with van der Waals surface area (Å²) in [7, 11) is -2.96. The molecule has 0 saturated heterocycles. The second-order valence-electron chi connectivity index (χ2n) is 5.60. The van der Waals surface area contributed by atoms with E-state index in [0.717, 1.165) is 12.8 Å². The molecule has 1 aliphatic carbocycles. The number of rotatable bonds is 4. The Hall–Kier alpha value is -0.540. The van der Waals surface area contributed by atoms with Crippen molar-refractivity contribution in [2.24, 2.45) is 5.92 Å². The average molecular weight is 301 g/mol. The summed E-state index contributed by atoms with van der Waals surface area (Å²) in [4.78, 5) is 0. The number of halogens is 1. The molecule has 0 spiro atoms. The van der Waals surface area contributed by atoms with Crippen molar-refractivity contribution in [3.05, 3.63) is 35.4 Å². The Morgan fingerprint density at radius 1 is 1.32 bits per heavy atom. The molecule has 2 rings (SSSR count). The number of sulfone groups is 1. The first kappa shape index (κ1) is 14.9. The fraction of sp³-hybridized carbons (Fsp3) is 0.600. The van der Waals surface area contributed by atoms with Crippen LogP contribution < -0.4 is 0 Å². The Bertz CT molecular complexity index is 537. The van der Waals surface area contributed by atoms with Crippen LogP contribution in [-0.2, 0) is 16.3 Å². The molecule has 0 heterocycles. The lowest BCUT2D eigenvalue weighted by molar-refractivity contribution is 0.430. The van der Waals surface area contributed by atoms with E-state index >= 15 is 0 Å². The third-order valence-electron chi connectivity index (χ3n) is 4.04. The van der Waals surface area contributed by atoms with Crippen molar-refractivity contribution in [3.8, 4) is 0 Å². The number of benzene rings is 1. The zero-order valence-electron chi connectivity index (χ0n) is 11.5. The average Bonchev–Trinajstić information content (AvgIpc) is 2.38. The molecule has 0 amide bonds. The Morgan fingerprint density at radius 3 is 2.68 bits per heavy atom. The monoisotopic (exact) mass is 300 g/mol. The minimum absolute atomic E-state index is 0.0488. The normalized spacial score (nSPS) is 23.4. The molecule has 2 atom stereocenters. The lowest BCUT2D eigenvalue weighted by Crippen LogP contribution is -2.23. The van der Waals surface area contributed by atoms with E-state index in [1.165, 1.54) is 11.1 Å². The third-order valence-corrected chi connectivity index (χ3v) is 6.87. The van der Waals surface area contributed by atoms with Crippen molar-refractivity contribution in [2.75, 3.05) is 5.75 Å². The van der Waals surface area contributed by atoms with E-state index in [4.69, 9.17) is 11.6 Å². The van der Waals surface area contributed by atoms with Gasteiger partial charge < -0.3 is 0 Å². The molecule has 0 aliphatic heterocycles. The van der Waals surface area contributed by atoms with Gasteiger partial charge >= 0.3 is 0 Å². The van der Waals surface area contributed by atoms with Crippen molar-refractivity contribution >= 4 is 21.4 Å². The van der Waals surface area contributed by atoms with Gasteiger partial charge in [0.05, 0.1) is 16.4 Å². The van der Waals surface area contributed by atoms with Gasteiger partial charge in [0, 0.05) is 0 Å². The highest BCUT2D eigenvalue weighted by Gasteiger charge is 2.29. The SMILES string of the molecule is CC(C)S(=O)(=O)CCC1CCc2ccccc2C1Cl. The van der Waals surface area contributed by atoms with Gasteiger partial charge in [-0.05, 0) is 50.2 Å². The molecule has 0 radical (unpaired) electrons. The smallest absolute Gasteiger partial charge is 0.152 e. The van der Waals surface area contributed by atoms with Crippen LogP contribution in [0, 0.1) is 5.92 Å². The van der Waals surface area contributed by atoms with Crippen LogP contribution >= 0.6 is 11.6 Å².